The van der Waals surface area contributed by atoms with Crippen LogP contribution in [0.2, 0.25) is 0 Å². The highest BCUT2D eigenvalue weighted by Crippen LogP contribution is 2.45. The van der Waals surface area contributed by atoms with Crippen molar-refractivity contribution in [2.75, 3.05) is 6.54 Å². The number of aliphatic hydroxyl groups excluding tert-OH is 1. The van der Waals surface area contributed by atoms with Gasteiger partial charge in [-0.15, -0.1) is 11.3 Å². The molecule has 1 aromatic carbocycles. The van der Waals surface area contributed by atoms with Crippen LogP contribution in [0, 0.1) is 18.3 Å². The van der Waals surface area contributed by atoms with Crippen molar-refractivity contribution in [1.82, 2.24) is 15.2 Å². The molecule has 2 aliphatic rings. The van der Waals surface area contributed by atoms with Gasteiger partial charge in [0.25, 0.3) is 0 Å². The molecule has 1 aromatic heterocycles. The molecule has 2 fully saturated rings. The molecule has 0 radical (unpaired) electrons. The van der Waals surface area contributed by atoms with Crippen LogP contribution in [0.15, 0.2) is 29.8 Å². The summed E-state index contributed by atoms with van der Waals surface area (Å²) < 4.78 is 6.09. The Bertz CT molecular complexity index is 968. The number of aromatic nitrogens is 1. The third-order valence-electron chi connectivity index (χ3n) is 7.17. The number of nitrogens with one attached hydrogen (secondary N) is 1. The van der Waals surface area contributed by atoms with Gasteiger partial charge in [-0.05, 0) is 42.7 Å². The van der Waals surface area contributed by atoms with E-state index in [1.807, 2.05) is 19.4 Å². The molecular weight excluding hydrogens is 434 g/mol. The van der Waals surface area contributed by atoms with Crippen molar-refractivity contribution >= 4 is 17.2 Å². The van der Waals surface area contributed by atoms with Gasteiger partial charge >= 0.3 is 0 Å². The Hall–Kier alpha value is -1.80. The predicted octanol–water partition coefficient (Wildman–Crippen LogP) is 4.53. The summed E-state index contributed by atoms with van der Waals surface area (Å²) in [5.41, 5.74) is 5.23. The first-order valence-corrected chi connectivity index (χ1v) is 12.9. The van der Waals surface area contributed by atoms with E-state index in [0.717, 1.165) is 23.2 Å². The fraction of sp³-hybridized carbons (Fsp3) is 0.615. The Balaban J connectivity index is 1.40. The van der Waals surface area contributed by atoms with Gasteiger partial charge in [-0.2, -0.15) is 0 Å². The number of aliphatic hydroxyl groups is 1. The molecule has 0 aliphatic carbocycles. The summed E-state index contributed by atoms with van der Waals surface area (Å²) in [7, 11) is 0. The van der Waals surface area contributed by atoms with E-state index in [0.29, 0.717) is 18.9 Å². The zero-order valence-corrected chi connectivity index (χ0v) is 21.4. The molecule has 0 saturated carbocycles. The van der Waals surface area contributed by atoms with Gasteiger partial charge < -0.3 is 15.2 Å². The molecule has 33 heavy (non-hydrogen) atoms. The van der Waals surface area contributed by atoms with Crippen molar-refractivity contribution in [3.05, 3.63) is 41.0 Å². The number of likely N-dealkylation sites (tertiary alicyclic amines) is 1. The smallest absolute Gasteiger partial charge is 0.238 e. The van der Waals surface area contributed by atoms with Crippen LogP contribution < -0.4 is 5.32 Å². The molecule has 3 heterocycles. The lowest BCUT2D eigenvalue weighted by atomic mass is 9.77. The maximum atomic E-state index is 13.2. The summed E-state index contributed by atoms with van der Waals surface area (Å²) >= 11 is 1.64. The van der Waals surface area contributed by atoms with Crippen LogP contribution in [0.3, 0.4) is 0 Å². The van der Waals surface area contributed by atoms with Crippen LogP contribution in [-0.4, -0.2) is 51.9 Å². The molecule has 6 atom stereocenters. The van der Waals surface area contributed by atoms with Crippen LogP contribution in [-0.2, 0) is 9.53 Å². The van der Waals surface area contributed by atoms with Crippen molar-refractivity contribution in [2.24, 2.45) is 11.3 Å². The van der Waals surface area contributed by atoms with Crippen molar-refractivity contribution in [3.8, 4) is 10.4 Å². The van der Waals surface area contributed by atoms with Crippen LogP contribution >= 0.6 is 11.3 Å². The lowest BCUT2D eigenvalue weighted by molar-refractivity contribution is -0.126. The van der Waals surface area contributed by atoms with E-state index < -0.39 is 6.10 Å². The first-order valence-electron chi connectivity index (χ1n) is 12.0. The number of hydrogen-bond donors (Lipinski definition) is 2. The van der Waals surface area contributed by atoms with E-state index in [9.17, 15) is 9.90 Å². The van der Waals surface area contributed by atoms with Crippen LogP contribution in [0.5, 0.6) is 0 Å². The number of thiazole rings is 1. The highest BCUT2D eigenvalue weighted by Gasteiger charge is 2.55. The standard InChI is InChI=1S/C26H37N3O3S/c1-7-20(26(4,5)6)22-25(32-22)29-13-19(30)12-21(29)24(31)28-15(2)17-8-10-18(11-9-17)23-16(3)27-14-33-23/h8-11,14-15,19-22,25,30H,7,12-13H2,1-6H3,(H,28,31)/t15-,19+,20+,21?,22?,25?/m0/s1. The minimum atomic E-state index is -0.502. The third kappa shape index (κ3) is 5.16. The Morgan fingerprint density at radius 2 is 2.03 bits per heavy atom. The first kappa shape index (κ1) is 24.3. The minimum absolute atomic E-state index is 0.0421. The number of hydrogen-bond acceptors (Lipinski definition) is 6. The maximum absolute atomic E-state index is 13.2. The number of carbonyl (C=O) groups excluding carboxylic acids is 1. The number of nitrogens with zero attached hydrogens (tertiary/aromatic N) is 2. The molecule has 6 nitrogen and oxygen atoms in total. The monoisotopic (exact) mass is 471 g/mol. The number of β-amino-alcohol motifs (C(OH)–C–C–N with tert-alkyl or cyclic N) is 1. The second kappa shape index (κ2) is 9.45. The van der Waals surface area contributed by atoms with Gasteiger partial charge in [-0.25, -0.2) is 4.98 Å². The first-order chi connectivity index (χ1) is 15.6. The van der Waals surface area contributed by atoms with E-state index in [1.54, 1.807) is 11.3 Å². The second-order valence-corrected chi connectivity index (χ2v) is 11.4. The molecule has 2 aliphatic heterocycles. The topological polar surface area (TPSA) is 78.0 Å². The third-order valence-corrected chi connectivity index (χ3v) is 8.15. The normalized spacial score (nSPS) is 27.4. The maximum Gasteiger partial charge on any atom is 0.238 e. The Morgan fingerprint density at radius 1 is 1.33 bits per heavy atom. The number of rotatable bonds is 7. The summed E-state index contributed by atoms with van der Waals surface area (Å²) in [6.45, 7) is 13.4. The zero-order chi connectivity index (χ0) is 23.9. The van der Waals surface area contributed by atoms with Crippen molar-refractivity contribution in [1.29, 1.82) is 0 Å². The summed E-state index contributed by atoms with van der Waals surface area (Å²) in [4.78, 5) is 20.8. The molecule has 1 amide bonds. The van der Waals surface area contributed by atoms with Crippen molar-refractivity contribution in [2.45, 2.75) is 84.9 Å². The van der Waals surface area contributed by atoms with Crippen LogP contribution in [0.4, 0.5) is 0 Å². The SMILES string of the molecule is CC[C@H](C1OC1N1C[C@H](O)CC1C(=O)N[C@@H](C)c1ccc(-c2scnc2C)cc1)C(C)(C)C. The van der Waals surface area contributed by atoms with E-state index in [1.165, 1.54) is 4.88 Å². The number of carbonyl (C=O) groups is 1. The lowest BCUT2D eigenvalue weighted by Crippen LogP contribution is -2.46. The molecule has 180 valence electrons. The number of aryl methyl sites for hydroxylation is 1. The van der Waals surface area contributed by atoms with Crippen LogP contribution in [0.1, 0.15) is 64.8 Å². The van der Waals surface area contributed by atoms with Gasteiger partial charge in [-0.3, -0.25) is 9.69 Å². The molecule has 2 saturated heterocycles. The average molecular weight is 472 g/mol. The van der Waals surface area contributed by atoms with Crippen LogP contribution in [0.25, 0.3) is 10.4 Å². The van der Waals surface area contributed by atoms with Gasteiger partial charge in [0.05, 0.1) is 34.3 Å². The Labute approximate surface area is 201 Å². The van der Waals surface area contributed by atoms with Crippen molar-refractivity contribution in [3.63, 3.8) is 0 Å². The number of benzene rings is 1. The summed E-state index contributed by atoms with van der Waals surface area (Å²) in [6, 6.07) is 7.82. The zero-order valence-electron chi connectivity index (χ0n) is 20.5. The summed E-state index contributed by atoms with van der Waals surface area (Å²) in [5, 5.41) is 13.5. The highest BCUT2D eigenvalue weighted by molar-refractivity contribution is 7.13. The quantitative estimate of drug-likeness (QED) is 0.580. The fourth-order valence-corrected chi connectivity index (χ4v) is 6.10. The minimum Gasteiger partial charge on any atom is -0.392 e. The molecule has 0 spiro atoms. The Morgan fingerprint density at radius 3 is 2.61 bits per heavy atom. The number of amides is 1. The van der Waals surface area contributed by atoms with Gasteiger partial charge in [0.2, 0.25) is 5.91 Å². The van der Waals surface area contributed by atoms with Gasteiger partial charge in [0, 0.05) is 6.54 Å². The van der Waals surface area contributed by atoms with E-state index in [2.05, 4.69) is 67.2 Å². The van der Waals surface area contributed by atoms with E-state index in [4.69, 9.17) is 4.74 Å². The van der Waals surface area contributed by atoms with Gasteiger partial charge in [-0.1, -0.05) is 58.4 Å². The number of ether oxygens (including phenoxy) is 1. The largest absolute Gasteiger partial charge is 0.392 e. The number of epoxide rings is 1. The van der Waals surface area contributed by atoms with E-state index >= 15 is 0 Å². The van der Waals surface area contributed by atoms with Gasteiger partial charge in [0.15, 0.2) is 0 Å². The average Bonchev–Trinajstić information content (AvgIpc) is 3.21. The van der Waals surface area contributed by atoms with Crippen molar-refractivity contribution < 1.29 is 14.6 Å². The molecular formula is C26H37N3O3S. The second-order valence-electron chi connectivity index (χ2n) is 10.6. The molecule has 4 rings (SSSR count). The molecule has 2 aromatic rings. The summed E-state index contributed by atoms with van der Waals surface area (Å²) in [5.74, 6) is 0.378. The lowest BCUT2D eigenvalue weighted by Gasteiger charge is -2.30. The molecule has 7 heteroatoms. The fourth-order valence-electron chi connectivity index (χ4n) is 5.29. The molecule has 2 N–H and O–H groups in total. The van der Waals surface area contributed by atoms with Gasteiger partial charge in [0.1, 0.15) is 12.3 Å². The highest BCUT2D eigenvalue weighted by atomic mass is 32.1. The summed E-state index contributed by atoms with van der Waals surface area (Å²) in [6.07, 6.45) is 1.01. The molecule has 0 bridgehead atoms. The molecule has 3 unspecified atom stereocenters. The van der Waals surface area contributed by atoms with E-state index in [-0.39, 0.29) is 35.7 Å². The Kier molecular flexibility index (Phi) is 6.97. The predicted molar refractivity (Wildman–Crippen MR) is 132 cm³/mol.